The summed E-state index contributed by atoms with van der Waals surface area (Å²) in [7, 11) is 0. The molecule has 1 N–H and O–H groups in total. The Morgan fingerprint density at radius 2 is 2.18 bits per heavy atom. The van der Waals surface area contributed by atoms with Crippen molar-refractivity contribution in [3.05, 3.63) is 40.4 Å². The van der Waals surface area contributed by atoms with Gasteiger partial charge < -0.3 is 5.11 Å². The van der Waals surface area contributed by atoms with Crippen LogP contribution in [0.3, 0.4) is 0 Å². The van der Waals surface area contributed by atoms with Gasteiger partial charge in [-0.1, -0.05) is 29.8 Å². The van der Waals surface area contributed by atoms with E-state index < -0.39 is 5.97 Å². The number of aryl methyl sites for hydroxylation is 1. The molecule has 1 heterocycles. The fraction of sp³-hybridized carbons (Fsp3) is 0.167. The molecule has 1 aromatic heterocycles. The molecule has 17 heavy (non-hydrogen) atoms. The van der Waals surface area contributed by atoms with Crippen LogP contribution in [0.25, 0.3) is 10.6 Å². The molecule has 0 amide bonds. The first-order valence-electron chi connectivity index (χ1n) is 5.08. The number of carboxylic acid groups (broad SMARTS) is 1. The van der Waals surface area contributed by atoms with Crippen LogP contribution < -0.4 is 0 Å². The summed E-state index contributed by atoms with van der Waals surface area (Å²) in [5.74, 6) is -0.808. The van der Waals surface area contributed by atoms with E-state index in [1.54, 1.807) is 0 Å². The summed E-state index contributed by atoms with van der Waals surface area (Å²) in [6.07, 6.45) is 0.558. The van der Waals surface area contributed by atoms with Crippen molar-refractivity contribution in [1.82, 2.24) is 4.98 Å². The molecule has 0 radical (unpaired) electrons. The molecule has 0 unspecified atom stereocenters. The van der Waals surface area contributed by atoms with Crippen molar-refractivity contribution >= 4 is 28.9 Å². The standard InChI is InChI=1S/C12H10ClNO2S/c13-10-4-2-1-3-9(10)12-14-8(7-17-12)5-6-11(15)16/h1-4,7H,5-6H2,(H,15,16). The monoisotopic (exact) mass is 267 g/mol. The summed E-state index contributed by atoms with van der Waals surface area (Å²) in [6.45, 7) is 0. The van der Waals surface area contributed by atoms with Crippen LogP contribution in [0.4, 0.5) is 0 Å². The molecule has 0 saturated heterocycles. The average molecular weight is 268 g/mol. The van der Waals surface area contributed by atoms with Crippen LogP contribution in [0.1, 0.15) is 12.1 Å². The number of hydrogen-bond donors (Lipinski definition) is 1. The van der Waals surface area contributed by atoms with Crippen molar-refractivity contribution in [3.8, 4) is 10.6 Å². The van der Waals surface area contributed by atoms with Crippen LogP contribution in [0, 0.1) is 0 Å². The zero-order valence-electron chi connectivity index (χ0n) is 8.89. The topological polar surface area (TPSA) is 50.2 Å². The van der Waals surface area contributed by atoms with E-state index in [4.69, 9.17) is 16.7 Å². The molecular formula is C12H10ClNO2S. The maximum absolute atomic E-state index is 10.5. The summed E-state index contributed by atoms with van der Waals surface area (Å²) in [6, 6.07) is 7.49. The van der Waals surface area contributed by atoms with Gasteiger partial charge in [0.1, 0.15) is 5.01 Å². The Morgan fingerprint density at radius 3 is 2.88 bits per heavy atom. The zero-order valence-corrected chi connectivity index (χ0v) is 10.5. The number of thiazole rings is 1. The van der Waals surface area contributed by atoms with Gasteiger partial charge in [-0.25, -0.2) is 4.98 Å². The quantitative estimate of drug-likeness (QED) is 0.923. The lowest BCUT2D eigenvalue weighted by atomic mass is 10.2. The minimum Gasteiger partial charge on any atom is -0.481 e. The predicted molar refractivity (Wildman–Crippen MR) is 68.5 cm³/mol. The highest BCUT2D eigenvalue weighted by molar-refractivity contribution is 7.13. The first kappa shape index (κ1) is 12.1. The largest absolute Gasteiger partial charge is 0.481 e. The Labute approximate surface area is 108 Å². The summed E-state index contributed by atoms with van der Waals surface area (Å²) in [5.41, 5.74) is 1.69. The molecular weight excluding hydrogens is 258 g/mol. The Hall–Kier alpha value is -1.39. The number of carbonyl (C=O) groups is 1. The number of benzene rings is 1. The number of hydrogen-bond acceptors (Lipinski definition) is 3. The van der Waals surface area contributed by atoms with Crippen molar-refractivity contribution in [2.75, 3.05) is 0 Å². The fourth-order valence-electron chi connectivity index (χ4n) is 1.42. The number of rotatable bonds is 4. The molecule has 3 nitrogen and oxygen atoms in total. The second kappa shape index (κ2) is 5.29. The fourth-order valence-corrected chi connectivity index (χ4v) is 2.59. The van der Waals surface area contributed by atoms with Crippen LogP contribution in [0.2, 0.25) is 5.02 Å². The highest BCUT2D eigenvalue weighted by Crippen LogP contribution is 2.30. The predicted octanol–water partition coefficient (Wildman–Crippen LogP) is 3.48. The van der Waals surface area contributed by atoms with Gasteiger partial charge in [0.15, 0.2) is 0 Å². The zero-order chi connectivity index (χ0) is 12.3. The van der Waals surface area contributed by atoms with Gasteiger partial charge in [-0.2, -0.15) is 0 Å². The third kappa shape index (κ3) is 3.05. The van der Waals surface area contributed by atoms with Crippen LogP contribution in [-0.2, 0) is 11.2 Å². The molecule has 0 spiro atoms. The maximum atomic E-state index is 10.5. The van der Waals surface area contributed by atoms with Gasteiger partial charge in [0.2, 0.25) is 0 Å². The number of nitrogens with zero attached hydrogens (tertiary/aromatic N) is 1. The van der Waals surface area contributed by atoms with E-state index in [1.165, 1.54) is 11.3 Å². The van der Waals surface area contributed by atoms with Crippen LogP contribution in [0.15, 0.2) is 29.6 Å². The highest BCUT2D eigenvalue weighted by atomic mass is 35.5. The molecule has 1 aromatic carbocycles. The number of aliphatic carboxylic acids is 1. The number of aromatic nitrogens is 1. The van der Waals surface area contributed by atoms with E-state index >= 15 is 0 Å². The van der Waals surface area contributed by atoms with Gasteiger partial charge in [-0.3, -0.25) is 4.79 Å². The SMILES string of the molecule is O=C(O)CCc1csc(-c2ccccc2Cl)n1. The molecule has 0 aliphatic heterocycles. The molecule has 0 saturated carbocycles. The summed E-state index contributed by atoms with van der Waals surface area (Å²) < 4.78 is 0. The van der Waals surface area contributed by atoms with E-state index in [0.717, 1.165) is 16.3 Å². The molecule has 0 aliphatic rings. The lowest BCUT2D eigenvalue weighted by Gasteiger charge is -1.98. The smallest absolute Gasteiger partial charge is 0.303 e. The van der Waals surface area contributed by atoms with E-state index in [9.17, 15) is 4.79 Å². The van der Waals surface area contributed by atoms with Gasteiger partial charge in [-0.15, -0.1) is 11.3 Å². The lowest BCUT2D eigenvalue weighted by molar-refractivity contribution is -0.136. The molecule has 5 heteroatoms. The Kier molecular flexibility index (Phi) is 3.76. The molecule has 2 rings (SSSR count). The normalized spacial score (nSPS) is 10.4. The first-order chi connectivity index (χ1) is 8.16. The van der Waals surface area contributed by atoms with E-state index in [1.807, 2.05) is 29.6 Å². The summed E-state index contributed by atoms with van der Waals surface area (Å²) in [5, 5.41) is 12.0. The van der Waals surface area contributed by atoms with Crippen LogP contribution in [-0.4, -0.2) is 16.1 Å². The summed E-state index contributed by atoms with van der Waals surface area (Å²) >= 11 is 7.55. The van der Waals surface area contributed by atoms with E-state index in [2.05, 4.69) is 4.98 Å². The van der Waals surface area contributed by atoms with Crippen molar-refractivity contribution < 1.29 is 9.90 Å². The Bertz CT molecular complexity index is 539. The van der Waals surface area contributed by atoms with Gasteiger partial charge >= 0.3 is 5.97 Å². The average Bonchev–Trinajstić information content (AvgIpc) is 2.75. The molecule has 0 atom stereocenters. The van der Waals surface area contributed by atoms with Crippen molar-refractivity contribution in [2.24, 2.45) is 0 Å². The molecule has 0 aliphatic carbocycles. The second-order valence-electron chi connectivity index (χ2n) is 3.52. The van der Waals surface area contributed by atoms with Crippen molar-refractivity contribution in [2.45, 2.75) is 12.8 Å². The van der Waals surface area contributed by atoms with E-state index in [0.29, 0.717) is 11.4 Å². The van der Waals surface area contributed by atoms with Gasteiger partial charge in [0, 0.05) is 17.4 Å². The van der Waals surface area contributed by atoms with Crippen molar-refractivity contribution in [1.29, 1.82) is 0 Å². The number of halogens is 1. The molecule has 2 aromatic rings. The molecule has 0 bridgehead atoms. The minimum atomic E-state index is -0.808. The first-order valence-corrected chi connectivity index (χ1v) is 6.33. The van der Waals surface area contributed by atoms with Crippen molar-refractivity contribution in [3.63, 3.8) is 0 Å². The third-order valence-corrected chi connectivity index (χ3v) is 3.50. The maximum Gasteiger partial charge on any atom is 0.303 e. The minimum absolute atomic E-state index is 0.103. The second-order valence-corrected chi connectivity index (χ2v) is 4.78. The lowest BCUT2D eigenvalue weighted by Crippen LogP contribution is -1.97. The highest BCUT2D eigenvalue weighted by Gasteiger charge is 2.08. The van der Waals surface area contributed by atoms with Crippen LogP contribution in [0.5, 0.6) is 0 Å². The number of carboxylic acids is 1. The summed E-state index contributed by atoms with van der Waals surface area (Å²) in [4.78, 5) is 14.8. The Morgan fingerprint density at radius 1 is 1.41 bits per heavy atom. The van der Waals surface area contributed by atoms with Gasteiger partial charge in [0.05, 0.1) is 17.1 Å². The van der Waals surface area contributed by atoms with Gasteiger partial charge in [0.25, 0.3) is 0 Å². The van der Waals surface area contributed by atoms with Gasteiger partial charge in [-0.05, 0) is 6.07 Å². The molecule has 0 fully saturated rings. The molecule has 88 valence electrons. The van der Waals surface area contributed by atoms with Crippen LogP contribution >= 0.6 is 22.9 Å². The Balaban J connectivity index is 2.18. The third-order valence-electron chi connectivity index (χ3n) is 2.25. The van der Waals surface area contributed by atoms with E-state index in [-0.39, 0.29) is 6.42 Å².